The van der Waals surface area contributed by atoms with E-state index >= 15 is 0 Å². The number of pyridine rings is 1. The largest absolute Gasteiger partial charge is 0.449 e. The van der Waals surface area contributed by atoms with Gasteiger partial charge in [0.2, 0.25) is 0 Å². The highest BCUT2D eigenvalue weighted by molar-refractivity contribution is 5.98. The van der Waals surface area contributed by atoms with E-state index in [1.807, 2.05) is 0 Å². The molecular formula is C13H17N3O4. The molecule has 0 aliphatic heterocycles. The molecule has 108 valence electrons. The summed E-state index contributed by atoms with van der Waals surface area (Å²) in [5, 5.41) is 4.58. The molecule has 0 bridgehead atoms. The molecule has 3 amide bonds. The molecule has 2 N–H and O–H groups in total. The Bertz CT molecular complexity index is 488. The molecule has 7 nitrogen and oxygen atoms in total. The average molecular weight is 279 g/mol. The highest BCUT2D eigenvalue weighted by Crippen LogP contribution is 2.02. The van der Waals surface area contributed by atoms with Gasteiger partial charge in [0.15, 0.2) is 6.10 Å². The fourth-order valence-electron chi connectivity index (χ4n) is 1.28. The number of nitrogens with one attached hydrogen (secondary N) is 2. The summed E-state index contributed by atoms with van der Waals surface area (Å²) in [5.74, 6) is -1.37. The van der Waals surface area contributed by atoms with Crippen molar-refractivity contribution in [2.75, 3.05) is 0 Å². The lowest BCUT2D eigenvalue weighted by Crippen LogP contribution is -2.46. The van der Waals surface area contributed by atoms with Crippen LogP contribution in [0, 0.1) is 0 Å². The van der Waals surface area contributed by atoms with Crippen molar-refractivity contribution in [3.8, 4) is 0 Å². The number of amides is 3. The molecule has 0 aliphatic carbocycles. The molecule has 1 aromatic rings. The summed E-state index contributed by atoms with van der Waals surface area (Å²) < 4.78 is 4.93. The van der Waals surface area contributed by atoms with Crippen LogP contribution in [-0.4, -0.2) is 35.0 Å². The Kier molecular flexibility index (Phi) is 5.64. The standard InChI is InChI=1S/C13H17N3O4/c1-8(2)15-13(19)16-11(17)9(3)20-12(18)10-5-4-6-14-7-10/h4-9H,1-3H3,(H2,15,16,17,19). The van der Waals surface area contributed by atoms with Crippen molar-refractivity contribution in [3.63, 3.8) is 0 Å². The quantitative estimate of drug-likeness (QED) is 0.797. The molecule has 1 atom stereocenters. The summed E-state index contributed by atoms with van der Waals surface area (Å²) in [6.45, 7) is 4.90. The molecule has 0 aromatic carbocycles. The van der Waals surface area contributed by atoms with Crippen LogP contribution < -0.4 is 10.6 Å². The van der Waals surface area contributed by atoms with Crippen molar-refractivity contribution in [2.24, 2.45) is 0 Å². The summed E-state index contributed by atoms with van der Waals surface area (Å²) in [6.07, 6.45) is 1.77. The van der Waals surface area contributed by atoms with Gasteiger partial charge in [-0.3, -0.25) is 15.1 Å². The molecule has 0 saturated heterocycles. The number of carbonyl (C=O) groups is 3. The van der Waals surface area contributed by atoms with Crippen LogP contribution in [0.2, 0.25) is 0 Å². The van der Waals surface area contributed by atoms with E-state index in [9.17, 15) is 14.4 Å². The highest BCUT2D eigenvalue weighted by Gasteiger charge is 2.20. The van der Waals surface area contributed by atoms with Crippen molar-refractivity contribution in [3.05, 3.63) is 30.1 Å². The topological polar surface area (TPSA) is 97.4 Å². The lowest BCUT2D eigenvalue weighted by molar-refractivity contribution is -0.127. The number of hydrogen-bond acceptors (Lipinski definition) is 5. The smallest absolute Gasteiger partial charge is 0.340 e. The molecular weight excluding hydrogens is 262 g/mol. The Morgan fingerprint density at radius 1 is 1.25 bits per heavy atom. The number of imide groups is 1. The van der Waals surface area contributed by atoms with Gasteiger partial charge in [-0.05, 0) is 32.9 Å². The van der Waals surface area contributed by atoms with Crippen molar-refractivity contribution >= 4 is 17.9 Å². The lowest BCUT2D eigenvalue weighted by atomic mass is 10.3. The molecule has 0 radical (unpaired) electrons. The first-order chi connectivity index (χ1) is 9.40. The molecule has 0 saturated carbocycles. The Morgan fingerprint density at radius 3 is 2.50 bits per heavy atom. The third kappa shape index (κ3) is 5.05. The van der Waals surface area contributed by atoms with Crippen LogP contribution in [0.3, 0.4) is 0 Å². The highest BCUT2D eigenvalue weighted by atomic mass is 16.5. The fraction of sp³-hybridized carbons (Fsp3) is 0.385. The number of hydrogen-bond donors (Lipinski definition) is 2. The normalized spacial score (nSPS) is 11.6. The second-order valence-corrected chi connectivity index (χ2v) is 4.41. The molecule has 1 heterocycles. The second kappa shape index (κ2) is 7.22. The maximum absolute atomic E-state index is 11.7. The summed E-state index contributed by atoms with van der Waals surface area (Å²) >= 11 is 0. The maximum atomic E-state index is 11.7. The minimum atomic E-state index is -1.08. The van der Waals surface area contributed by atoms with Crippen LogP contribution in [0.5, 0.6) is 0 Å². The molecule has 0 aliphatic rings. The van der Waals surface area contributed by atoms with Gasteiger partial charge < -0.3 is 10.1 Å². The van der Waals surface area contributed by atoms with E-state index in [1.165, 1.54) is 25.4 Å². The summed E-state index contributed by atoms with van der Waals surface area (Å²) in [6, 6.07) is 2.37. The molecule has 1 rings (SSSR count). The van der Waals surface area contributed by atoms with Gasteiger partial charge in [-0.1, -0.05) is 0 Å². The number of ether oxygens (including phenoxy) is 1. The van der Waals surface area contributed by atoms with Crippen LogP contribution in [0.4, 0.5) is 4.79 Å². The summed E-state index contributed by atoms with van der Waals surface area (Å²) in [7, 11) is 0. The lowest BCUT2D eigenvalue weighted by Gasteiger charge is -2.14. The zero-order chi connectivity index (χ0) is 15.1. The van der Waals surface area contributed by atoms with Crippen LogP contribution in [0.1, 0.15) is 31.1 Å². The van der Waals surface area contributed by atoms with Crippen LogP contribution >= 0.6 is 0 Å². The van der Waals surface area contributed by atoms with Gasteiger partial charge in [0.1, 0.15) is 0 Å². The number of urea groups is 1. The number of aromatic nitrogens is 1. The zero-order valence-corrected chi connectivity index (χ0v) is 11.5. The maximum Gasteiger partial charge on any atom is 0.340 e. The van der Waals surface area contributed by atoms with E-state index in [1.54, 1.807) is 19.9 Å². The fourth-order valence-corrected chi connectivity index (χ4v) is 1.28. The van der Waals surface area contributed by atoms with Gasteiger partial charge in [0, 0.05) is 18.4 Å². The predicted octanol–water partition coefficient (Wildman–Crippen LogP) is 0.861. The van der Waals surface area contributed by atoms with Gasteiger partial charge in [-0.2, -0.15) is 0 Å². The average Bonchev–Trinajstić information content (AvgIpc) is 2.38. The SMILES string of the molecule is CC(C)NC(=O)NC(=O)C(C)OC(=O)c1cccnc1. The van der Waals surface area contributed by atoms with Crippen molar-refractivity contribution in [2.45, 2.75) is 32.9 Å². The Labute approximate surface area is 116 Å². The van der Waals surface area contributed by atoms with E-state index in [0.717, 1.165) is 0 Å². The third-order valence-electron chi connectivity index (χ3n) is 2.21. The number of rotatable bonds is 4. The molecule has 7 heteroatoms. The zero-order valence-electron chi connectivity index (χ0n) is 11.5. The van der Waals surface area contributed by atoms with E-state index < -0.39 is 24.0 Å². The molecule has 1 aromatic heterocycles. The first-order valence-electron chi connectivity index (χ1n) is 6.12. The first kappa shape index (κ1) is 15.6. The number of esters is 1. The Balaban J connectivity index is 2.50. The number of carbonyl (C=O) groups excluding carboxylic acids is 3. The summed E-state index contributed by atoms with van der Waals surface area (Å²) in [4.78, 5) is 38.4. The van der Waals surface area contributed by atoms with Gasteiger partial charge in [-0.15, -0.1) is 0 Å². The Hall–Kier alpha value is -2.44. The van der Waals surface area contributed by atoms with Gasteiger partial charge in [0.25, 0.3) is 5.91 Å². The molecule has 0 spiro atoms. The molecule has 0 fully saturated rings. The van der Waals surface area contributed by atoms with Crippen molar-refractivity contribution in [1.82, 2.24) is 15.6 Å². The minimum absolute atomic E-state index is 0.101. The van der Waals surface area contributed by atoms with E-state index in [0.29, 0.717) is 0 Å². The van der Waals surface area contributed by atoms with Gasteiger partial charge in [0.05, 0.1) is 5.56 Å². The summed E-state index contributed by atoms with van der Waals surface area (Å²) in [5.41, 5.74) is 0.235. The van der Waals surface area contributed by atoms with E-state index in [-0.39, 0.29) is 11.6 Å². The van der Waals surface area contributed by atoms with Crippen LogP contribution in [0.25, 0.3) is 0 Å². The predicted molar refractivity (Wildman–Crippen MR) is 70.9 cm³/mol. The van der Waals surface area contributed by atoms with Crippen molar-refractivity contribution in [1.29, 1.82) is 0 Å². The van der Waals surface area contributed by atoms with Crippen LogP contribution in [0.15, 0.2) is 24.5 Å². The monoisotopic (exact) mass is 279 g/mol. The number of nitrogens with zero attached hydrogens (tertiary/aromatic N) is 1. The molecule has 1 unspecified atom stereocenters. The van der Waals surface area contributed by atoms with Crippen molar-refractivity contribution < 1.29 is 19.1 Å². The van der Waals surface area contributed by atoms with Gasteiger partial charge >= 0.3 is 12.0 Å². The van der Waals surface area contributed by atoms with E-state index in [4.69, 9.17) is 4.74 Å². The van der Waals surface area contributed by atoms with Crippen LogP contribution in [-0.2, 0) is 9.53 Å². The van der Waals surface area contributed by atoms with Gasteiger partial charge in [-0.25, -0.2) is 9.59 Å². The molecule has 20 heavy (non-hydrogen) atoms. The first-order valence-corrected chi connectivity index (χ1v) is 6.12. The van der Waals surface area contributed by atoms with E-state index in [2.05, 4.69) is 15.6 Å². The third-order valence-corrected chi connectivity index (χ3v) is 2.21. The minimum Gasteiger partial charge on any atom is -0.449 e. The Morgan fingerprint density at radius 2 is 1.95 bits per heavy atom. The second-order valence-electron chi connectivity index (χ2n) is 4.41.